The van der Waals surface area contributed by atoms with Gasteiger partial charge in [-0.1, -0.05) is 18.2 Å². The van der Waals surface area contributed by atoms with Gasteiger partial charge in [-0.3, -0.25) is 4.79 Å². The average Bonchev–Trinajstić information content (AvgIpc) is 2.49. The fourth-order valence-electron chi connectivity index (χ4n) is 2.58. The molecular weight excluding hydrogens is 288 g/mol. The molecule has 0 atom stereocenters. The van der Waals surface area contributed by atoms with E-state index in [9.17, 15) is 4.79 Å². The van der Waals surface area contributed by atoms with Crippen molar-refractivity contribution in [1.29, 1.82) is 5.26 Å². The van der Waals surface area contributed by atoms with Crippen LogP contribution in [0.25, 0.3) is 11.3 Å². The van der Waals surface area contributed by atoms with Crippen molar-refractivity contribution < 1.29 is 4.74 Å². The van der Waals surface area contributed by atoms with E-state index in [1.807, 2.05) is 64.1 Å². The molecule has 0 unspecified atom stereocenters. The number of para-hydroxylation sites is 1. The summed E-state index contributed by atoms with van der Waals surface area (Å²) in [5.74, 6) is 0.754. The van der Waals surface area contributed by atoms with Gasteiger partial charge in [0.1, 0.15) is 5.75 Å². The summed E-state index contributed by atoms with van der Waals surface area (Å²) in [5.41, 5.74) is 2.10. The Hall–Kier alpha value is -2.54. The van der Waals surface area contributed by atoms with E-state index < -0.39 is 0 Å². The molecule has 0 saturated carbocycles. The van der Waals surface area contributed by atoms with E-state index in [0.29, 0.717) is 5.56 Å². The maximum Gasteiger partial charge on any atom is 0.255 e. The van der Waals surface area contributed by atoms with Gasteiger partial charge >= 0.3 is 0 Å². The minimum Gasteiger partial charge on any atom is -0.490 e. The summed E-state index contributed by atoms with van der Waals surface area (Å²) in [7, 11) is 0. The first-order valence-electron chi connectivity index (χ1n) is 7.83. The van der Waals surface area contributed by atoms with E-state index >= 15 is 0 Å². The van der Waals surface area contributed by atoms with E-state index in [4.69, 9.17) is 10.00 Å². The monoisotopic (exact) mass is 310 g/mol. The van der Waals surface area contributed by atoms with Gasteiger partial charge in [-0.2, -0.15) is 5.26 Å². The number of aromatic nitrogens is 1. The lowest BCUT2D eigenvalue weighted by atomic mass is 10.1. The number of hydrogen-bond acceptors (Lipinski definition) is 3. The number of hydrogen-bond donors (Lipinski definition) is 0. The lowest BCUT2D eigenvalue weighted by Gasteiger charge is -2.20. The molecule has 4 heteroatoms. The highest BCUT2D eigenvalue weighted by atomic mass is 16.5. The Morgan fingerprint density at radius 3 is 2.43 bits per heavy atom. The van der Waals surface area contributed by atoms with E-state index in [1.54, 1.807) is 10.6 Å². The van der Waals surface area contributed by atoms with Crippen molar-refractivity contribution in [3.8, 4) is 23.1 Å². The lowest BCUT2D eigenvalue weighted by molar-refractivity contribution is 0.243. The Kier molecular flexibility index (Phi) is 5.23. The predicted octanol–water partition coefficient (Wildman–Crippen LogP) is 3.95. The zero-order chi connectivity index (χ0) is 17.0. The van der Waals surface area contributed by atoms with E-state index in [0.717, 1.165) is 17.0 Å². The summed E-state index contributed by atoms with van der Waals surface area (Å²) in [6, 6.07) is 13.4. The fourth-order valence-corrected chi connectivity index (χ4v) is 2.58. The Morgan fingerprint density at radius 2 is 1.83 bits per heavy atom. The molecule has 0 fully saturated rings. The molecule has 23 heavy (non-hydrogen) atoms. The summed E-state index contributed by atoms with van der Waals surface area (Å²) < 4.78 is 7.62. The van der Waals surface area contributed by atoms with Gasteiger partial charge in [-0.05, 0) is 45.9 Å². The molecule has 0 amide bonds. The minimum atomic E-state index is -0.113. The van der Waals surface area contributed by atoms with Crippen molar-refractivity contribution >= 4 is 0 Å². The van der Waals surface area contributed by atoms with Gasteiger partial charge < -0.3 is 9.30 Å². The summed E-state index contributed by atoms with van der Waals surface area (Å²) in [5, 5.41) is 8.89. The normalized spacial score (nSPS) is 10.8. The third-order valence-corrected chi connectivity index (χ3v) is 3.51. The van der Waals surface area contributed by atoms with Crippen LogP contribution in [0.4, 0.5) is 0 Å². The van der Waals surface area contributed by atoms with Crippen LogP contribution >= 0.6 is 0 Å². The highest BCUT2D eigenvalue weighted by molar-refractivity contribution is 5.68. The molecule has 120 valence electrons. The van der Waals surface area contributed by atoms with Crippen molar-refractivity contribution in [1.82, 2.24) is 4.57 Å². The second-order valence-corrected chi connectivity index (χ2v) is 6.01. The van der Waals surface area contributed by atoms with E-state index in [-0.39, 0.29) is 24.1 Å². The second kappa shape index (κ2) is 7.15. The molecule has 1 heterocycles. The number of pyridine rings is 1. The van der Waals surface area contributed by atoms with Gasteiger partial charge in [0, 0.05) is 17.2 Å². The van der Waals surface area contributed by atoms with Crippen LogP contribution in [0, 0.1) is 11.3 Å². The fraction of sp³-hybridized carbons (Fsp3) is 0.368. The van der Waals surface area contributed by atoms with Gasteiger partial charge in [0.15, 0.2) is 0 Å². The Labute approximate surface area is 137 Å². The molecule has 1 aromatic heterocycles. The summed E-state index contributed by atoms with van der Waals surface area (Å²) in [4.78, 5) is 12.7. The maximum atomic E-state index is 12.7. The molecule has 4 nitrogen and oxygen atoms in total. The Bertz CT molecular complexity index is 783. The van der Waals surface area contributed by atoms with Crippen LogP contribution in [0.1, 0.15) is 39.3 Å². The van der Waals surface area contributed by atoms with Gasteiger partial charge in [0.05, 0.1) is 24.3 Å². The highest BCUT2D eigenvalue weighted by Gasteiger charge is 2.16. The molecule has 0 N–H and O–H groups in total. The molecule has 0 saturated heterocycles. The Morgan fingerprint density at radius 1 is 1.13 bits per heavy atom. The van der Waals surface area contributed by atoms with Crippen molar-refractivity contribution in [2.75, 3.05) is 0 Å². The molecular formula is C19H22N2O2. The largest absolute Gasteiger partial charge is 0.490 e. The van der Waals surface area contributed by atoms with Gasteiger partial charge in [-0.15, -0.1) is 0 Å². The molecule has 2 aromatic rings. The third kappa shape index (κ3) is 3.62. The average molecular weight is 310 g/mol. The lowest BCUT2D eigenvalue weighted by Crippen LogP contribution is -2.26. The highest BCUT2D eigenvalue weighted by Crippen LogP contribution is 2.31. The topological polar surface area (TPSA) is 55.0 Å². The van der Waals surface area contributed by atoms with Crippen LogP contribution in [0.15, 0.2) is 41.2 Å². The first kappa shape index (κ1) is 16.8. The summed E-state index contributed by atoms with van der Waals surface area (Å²) >= 11 is 0. The number of nitrogens with zero attached hydrogens (tertiary/aromatic N) is 2. The summed E-state index contributed by atoms with van der Waals surface area (Å²) in [6.45, 7) is 7.88. The SMILES string of the molecule is CC(C)Oc1ccccc1-c1ccc(CC#N)c(=O)n1C(C)C. The molecule has 0 aliphatic rings. The second-order valence-electron chi connectivity index (χ2n) is 6.01. The minimum absolute atomic E-state index is 0.0109. The molecule has 1 aromatic carbocycles. The maximum absolute atomic E-state index is 12.7. The van der Waals surface area contributed by atoms with Crippen LogP contribution in [-0.2, 0) is 6.42 Å². The zero-order valence-electron chi connectivity index (χ0n) is 14.0. The van der Waals surface area contributed by atoms with Crippen molar-refractivity contribution in [3.63, 3.8) is 0 Å². The molecule has 0 aliphatic carbocycles. The molecule has 0 bridgehead atoms. The molecule has 0 radical (unpaired) electrons. The van der Waals surface area contributed by atoms with Crippen LogP contribution in [0.2, 0.25) is 0 Å². The van der Waals surface area contributed by atoms with Crippen LogP contribution in [0.3, 0.4) is 0 Å². The standard InChI is InChI=1S/C19H22N2O2/c1-13(2)21-17(10-9-15(11-12-20)19(21)22)16-7-5-6-8-18(16)23-14(3)4/h5-10,13-14H,11H2,1-4H3. The first-order valence-corrected chi connectivity index (χ1v) is 7.83. The van der Waals surface area contributed by atoms with Gasteiger partial charge in [0.25, 0.3) is 5.56 Å². The smallest absolute Gasteiger partial charge is 0.255 e. The van der Waals surface area contributed by atoms with E-state index in [2.05, 4.69) is 0 Å². The Balaban J connectivity index is 2.68. The van der Waals surface area contributed by atoms with Crippen molar-refractivity contribution in [2.24, 2.45) is 0 Å². The number of benzene rings is 1. The van der Waals surface area contributed by atoms with Gasteiger partial charge in [-0.25, -0.2) is 0 Å². The third-order valence-electron chi connectivity index (χ3n) is 3.51. The number of rotatable bonds is 5. The van der Waals surface area contributed by atoms with Crippen LogP contribution in [0.5, 0.6) is 5.75 Å². The predicted molar refractivity (Wildman–Crippen MR) is 91.6 cm³/mol. The van der Waals surface area contributed by atoms with Crippen LogP contribution in [-0.4, -0.2) is 10.7 Å². The first-order chi connectivity index (χ1) is 11.0. The number of ether oxygens (including phenoxy) is 1. The quantitative estimate of drug-likeness (QED) is 0.840. The zero-order valence-corrected chi connectivity index (χ0v) is 14.0. The summed E-state index contributed by atoms with van der Waals surface area (Å²) in [6.07, 6.45) is 0.170. The van der Waals surface area contributed by atoms with Crippen molar-refractivity contribution in [2.45, 2.75) is 46.3 Å². The molecule has 0 spiro atoms. The molecule has 0 aliphatic heterocycles. The van der Waals surface area contributed by atoms with E-state index in [1.165, 1.54) is 0 Å². The van der Waals surface area contributed by atoms with Crippen molar-refractivity contribution in [3.05, 3.63) is 52.3 Å². The van der Waals surface area contributed by atoms with Crippen LogP contribution < -0.4 is 10.3 Å². The van der Waals surface area contributed by atoms with Gasteiger partial charge in [0.2, 0.25) is 0 Å². The molecule has 2 rings (SSSR count). The number of nitriles is 1.